The van der Waals surface area contributed by atoms with E-state index >= 15 is 0 Å². The van der Waals surface area contributed by atoms with Gasteiger partial charge in [-0.3, -0.25) is 0 Å². The van der Waals surface area contributed by atoms with Crippen molar-refractivity contribution >= 4 is 26.0 Å². The lowest BCUT2D eigenvalue weighted by Crippen LogP contribution is -2.26. The van der Waals surface area contributed by atoms with Crippen molar-refractivity contribution < 1.29 is 8.42 Å². The zero-order valence-corrected chi connectivity index (χ0v) is 14.3. The molecule has 0 saturated carbocycles. The minimum absolute atomic E-state index is 0.245. The third-order valence-corrected chi connectivity index (χ3v) is 5.09. The fraction of sp³-hybridized carbons (Fsp3) is 0.286. The van der Waals surface area contributed by atoms with Crippen molar-refractivity contribution in [1.82, 2.24) is 15.0 Å². The monoisotopic (exact) mass is 371 g/mol. The van der Waals surface area contributed by atoms with Gasteiger partial charge >= 0.3 is 0 Å². The molecule has 0 saturated heterocycles. The molecule has 7 heteroatoms. The van der Waals surface area contributed by atoms with Crippen LogP contribution < -0.4 is 10.0 Å². The molecule has 1 heterocycles. The second kappa shape index (κ2) is 6.74. The van der Waals surface area contributed by atoms with Gasteiger partial charge in [-0.1, -0.05) is 28.1 Å². The third kappa shape index (κ3) is 4.16. The summed E-state index contributed by atoms with van der Waals surface area (Å²) in [7, 11) is -1.73. The van der Waals surface area contributed by atoms with Crippen molar-refractivity contribution in [3.63, 3.8) is 0 Å². The molecule has 0 fully saturated rings. The normalized spacial score (nSPS) is 13.3. The first-order chi connectivity index (χ1) is 9.92. The second-order valence-corrected chi connectivity index (χ2v) is 7.42. The summed E-state index contributed by atoms with van der Waals surface area (Å²) in [6, 6.07) is 8.90. The molecule has 1 atom stereocenters. The van der Waals surface area contributed by atoms with Crippen LogP contribution in [-0.4, -0.2) is 20.4 Å². The molecule has 114 valence electrons. The number of hydrogen-bond donors (Lipinski definition) is 3. The van der Waals surface area contributed by atoms with Crippen LogP contribution in [-0.2, 0) is 16.6 Å². The molecule has 1 aromatic heterocycles. The number of aromatic amines is 1. The van der Waals surface area contributed by atoms with Crippen molar-refractivity contribution in [1.29, 1.82) is 0 Å². The molecule has 0 bridgehead atoms. The average Bonchev–Trinajstić information content (AvgIpc) is 2.88. The van der Waals surface area contributed by atoms with E-state index in [1.165, 1.54) is 6.20 Å². The van der Waals surface area contributed by atoms with E-state index in [0.717, 1.165) is 15.7 Å². The lowest BCUT2D eigenvalue weighted by Gasteiger charge is -2.14. The number of hydrogen-bond acceptors (Lipinski definition) is 3. The van der Waals surface area contributed by atoms with E-state index < -0.39 is 10.0 Å². The summed E-state index contributed by atoms with van der Waals surface area (Å²) in [5.41, 5.74) is 1.73. The van der Waals surface area contributed by atoms with Crippen LogP contribution in [0.25, 0.3) is 0 Å². The number of H-pyrrole nitrogens is 1. The quantitative estimate of drug-likeness (QED) is 0.730. The molecule has 0 amide bonds. The Hall–Kier alpha value is -1.15. The number of halogens is 1. The molecule has 2 rings (SSSR count). The lowest BCUT2D eigenvalue weighted by atomic mass is 10.1. The van der Waals surface area contributed by atoms with Gasteiger partial charge in [0.1, 0.15) is 0 Å². The van der Waals surface area contributed by atoms with Crippen molar-refractivity contribution in [2.24, 2.45) is 0 Å². The molecule has 1 unspecified atom stereocenters. The van der Waals surface area contributed by atoms with Crippen LogP contribution in [0.4, 0.5) is 0 Å². The van der Waals surface area contributed by atoms with Crippen LogP contribution in [0.5, 0.6) is 0 Å². The summed E-state index contributed by atoms with van der Waals surface area (Å²) in [4.78, 5) is 3.19. The van der Waals surface area contributed by atoms with Crippen molar-refractivity contribution in [2.75, 3.05) is 7.05 Å². The molecule has 3 N–H and O–H groups in total. The van der Waals surface area contributed by atoms with Crippen LogP contribution in [0.2, 0.25) is 0 Å². The van der Waals surface area contributed by atoms with E-state index in [9.17, 15) is 8.42 Å². The summed E-state index contributed by atoms with van der Waals surface area (Å²) in [5, 5.41) is 2.97. The molecular weight excluding hydrogens is 354 g/mol. The molecule has 2 aromatic rings. The highest BCUT2D eigenvalue weighted by atomic mass is 79.9. The van der Waals surface area contributed by atoms with Crippen LogP contribution in [0.1, 0.15) is 24.2 Å². The standard InChI is InChI=1S/C14H18BrN3O2S/c1-10(11-4-3-5-12(15)6-11)18-21(19,20)14-7-13(8-16-2)17-9-14/h3-7,9-10,16-18H,8H2,1-2H3. The van der Waals surface area contributed by atoms with Gasteiger partial charge in [0, 0.05) is 29.0 Å². The van der Waals surface area contributed by atoms with Crippen molar-refractivity contribution in [3.05, 3.63) is 52.3 Å². The maximum absolute atomic E-state index is 12.4. The zero-order valence-electron chi connectivity index (χ0n) is 11.9. The van der Waals surface area contributed by atoms with Crippen LogP contribution in [0.15, 0.2) is 45.9 Å². The first-order valence-electron chi connectivity index (χ1n) is 6.52. The van der Waals surface area contributed by atoms with Gasteiger partial charge in [0.15, 0.2) is 0 Å². The Morgan fingerprint density at radius 3 is 2.76 bits per heavy atom. The summed E-state index contributed by atoms with van der Waals surface area (Å²) >= 11 is 3.39. The largest absolute Gasteiger partial charge is 0.363 e. The number of sulfonamides is 1. The van der Waals surface area contributed by atoms with Gasteiger partial charge in [-0.25, -0.2) is 13.1 Å². The number of benzene rings is 1. The first-order valence-corrected chi connectivity index (χ1v) is 8.79. The van der Waals surface area contributed by atoms with Gasteiger partial charge in [0.25, 0.3) is 0 Å². The van der Waals surface area contributed by atoms with Crippen LogP contribution >= 0.6 is 15.9 Å². The number of nitrogens with one attached hydrogen (secondary N) is 3. The molecule has 1 aromatic carbocycles. The van der Waals surface area contributed by atoms with Gasteiger partial charge in [0.2, 0.25) is 10.0 Å². The highest BCUT2D eigenvalue weighted by molar-refractivity contribution is 9.10. The molecule has 0 aliphatic rings. The van der Waals surface area contributed by atoms with Gasteiger partial charge < -0.3 is 10.3 Å². The average molecular weight is 372 g/mol. The fourth-order valence-corrected chi connectivity index (χ4v) is 3.68. The molecular formula is C14H18BrN3O2S. The second-order valence-electron chi connectivity index (χ2n) is 4.79. The molecule has 21 heavy (non-hydrogen) atoms. The van der Waals surface area contributed by atoms with Crippen molar-refractivity contribution in [3.8, 4) is 0 Å². The van der Waals surface area contributed by atoms with Gasteiger partial charge in [0.05, 0.1) is 4.90 Å². The molecule has 0 aliphatic carbocycles. The minimum Gasteiger partial charge on any atom is -0.363 e. The first kappa shape index (κ1) is 16.2. The summed E-state index contributed by atoms with van der Waals surface area (Å²) in [5.74, 6) is 0. The SMILES string of the molecule is CNCc1cc(S(=O)(=O)NC(C)c2cccc(Br)c2)c[nH]1. The van der Waals surface area contributed by atoms with E-state index in [0.29, 0.717) is 6.54 Å². The predicted molar refractivity (Wildman–Crippen MR) is 86.4 cm³/mol. The maximum Gasteiger partial charge on any atom is 0.242 e. The Balaban J connectivity index is 2.16. The van der Waals surface area contributed by atoms with Gasteiger partial charge in [-0.05, 0) is 37.7 Å². The van der Waals surface area contributed by atoms with Crippen LogP contribution in [0, 0.1) is 0 Å². The van der Waals surface area contributed by atoms with E-state index in [1.54, 1.807) is 6.07 Å². The van der Waals surface area contributed by atoms with E-state index in [1.807, 2.05) is 38.2 Å². The summed E-state index contributed by atoms with van der Waals surface area (Å²) in [6.45, 7) is 2.41. The molecule has 0 aliphatic heterocycles. The smallest absolute Gasteiger partial charge is 0.242 e. The molecule has 0 spiro atoms. The highest BCUT2D eigenvalue weighted by Crippen LogP contribution is 2.20. The predicted octanol–water partition coefficient (Wildman–Crippen LogP) is 2.54. The number of rotatable bonds is 6. The Bertz CT molecular complexity index is 713. The highest BCUT2D eigenvalue weighted by Gasteiger charge is 2.19. The topological polar surface area (TPSA) is 74.0 Å². The fourth-order valence-electron chi connectivity index (χ4n) is 2.01. The van der Waals surface area contributed by atoms with Crippen molar-refractivity contribution in [2.45, 2.75) is 24.4 Å². The van der Waals surface area contributed by atoms with Gasteiger partial charge in [-0.15, -0.1) is 0 Å². The Morgan fingerprint density at radius 1 is 1.33 bits per heavy atom. The third-order valence-electron chi connectivity index (χ3n) is 3.07. The van der Waals surface area contributed by atoms with E-state index in [-0.39, 0.29) is 10.9 Å². The Kier molecular flexibility index (Phi) is 5.21. The summed E-state index contributed by atoms with van der Waals surface area (Å²) < 4.78 is 28.3. The maximum atomic E-state index is 12.4. The Labute approximate surface area is 133 Å². The zero-order chi connectivity index (χ0) is 15.5. The Morgan fingerprint density at radius 2 is 2.10 bits per heavy atom. The lowest BCUT2D eigenvalue weighted by molar-refractivity contribution is 0.567. The number of aromatic nitrogens is 1. The van der Waals surface area contributed by atoms with Gasteiger partial charge in [-0.2, -0.15) is 0 Å². The molecule has 0 radical (unpaired) electrons. The van der Waals surface area contributed by atoms with E-state index in [4.69, 9.17) is 0 Å². The summed E-state index contributed by atoms with van der Waals surface area (Å²) in [6.07, 6.45) is 1.50. The van der Waals surface area contributed by atoms with E-state index in [2.05, 4.69) is 31.0 Å². The minimum atomic E-state index is -3.54. The molecule has 5 nitrogen and oxygen atoms in total. The van der Waals surface area contributed by atoms with Crippen LogP contribution in [0.3, 0.4) is 0 Å².